The number of piperidine rings is 1. The second-order valence-corrected chi connectivity index (χ2v) is 8.65. The van der Waals surface area contributed by atoms with Crippen molar-refractivity contribution >= 4 is 17.9 Å². The van der Waals surface area contributed by atoms with Crippen molar-refractivity contribution in [2.75, 3.05) is 32.7 Å². The Kier molecular flexibility index (Phi) is 9.70. The van der Waals surface area contributed by atoms with Crippen LogP contribution in [0.3, 0.4) is 0 Å². The van der Waals surface area contributed by atoms with Crippen LogP contribution < -0.4 is 5.32 Å². The van der Waals surface area contributed by atoms with E-state index in [0.717, 1.165) is 25.1 Å². The average Bonchev–Trinajstić information content (AvgIpc) is 2.87. The van der Waals surface area contributed by atoms with Crippen LogP contribution in [0.15, 0.2) is 66.7 Å². The highest BCUT2D eigenvalue weighted by atomic mass is 16.2. The Labute approximate surface area is 198 Å². The van der Waals surface area contributed by atoms with Crippen LogP contribution >= 0.6 is 0 Å². The number of hydrogen-bond acceptors (Lipinski definition) is 3. The van der Waals surface area contributed by atoms with Gasteiger partial charge in [0.2, 0.25) is 11.8 Å². The largest absolute Gasteiger partial charge is 0.354 e. The van der Waals surface area contributed by atoms with Crippen LogP contribution in [-0.4, -0.2) is 60.4 Å². The van der Waals surface area contributed by atoms with Crippen molar-refractivity contribution in [3.8, 4) is 0 Å². The van der Waals surface area contributed by atoms with Gasteiger partial charge in [0.05, 0.1) is 0 Å². The van der Waals surface area contributed by atoms with Crippen LogP contribution in [-0.2, 0) is 16.0 Å². The average molecular weight is 448 g/mol. The fraction of sp³-hybridized carbons (Fsp3) is 0.429. The number of amides is 2. The lowest BCUT2D eigenvalue weighted by Gasteiger charge is -2.33. The smallest absolute Gasteiger partial charge is 0.246 e. The molecule has 1 saturated heterocycles. The third-order valence-corrected chi connectivity index (χ3v) is 6.55. The number of nitrogens with one attached hydrogen (secondary N) is 1. The molecule has 33 heavy (non-hydrogen) atoms. The monoisotopic (exact) mass is 447 g/mol. The Hall–Kier alpha value is -2.92. The molecule has 3 rings (SSSR count). The van der Waals surface area contributed by atoms with Crippen molar-refractivity contribution < 1.29 is 9.59 Å². The first-order valence-corrected chi connectivity index (χ1v) is 12.2. The molecule has 1 aliphatic rings. The maximum atomic E-state index is 12.9. The maximum Gasteiger partial charge on any atom is 0.246 e. The minimum absolute atomic E-state index is 0.0159. The van der Waals surface area contributed by atoms with Crippen LogP contribution in [0.25, 0.3) is 6.08 Å². The molecule has 1 N–H and O–H groups in total. The van der Waals surface area contributed by atoms with E-state index in [4.69, 9.17) is 0 Å². The fourth-order valence-corrected chi connectivity index (χ4v) is 4.52. The summed E-state index contributed by atoms with van der Waals surface area (Å²) in [6.07, 6.45) is 5.83. The summed E-state index contributed by atoms with van der Waals surface area (Å²) in [7, 11) is 0. The van der Waals surface area contributed by atoms with Gasteiger partial charge in [0.15, 0.2) is 0 Å². The molecule has 0 spiro atoms. The molecule has 2 amide bonds. The quantitative estimate of drug-likeness (QED) is 0.560. The molecule has 2 aromatic rings. The molecule has 176 valence electrons. The third-order valence-electron chi connectivity index (χ3n) is 6.55. The number of carbonyl (C=O) groups is 2. The number of benzene rings is 2. The summed E-state index contributed by atoms with van der Waals surface area (Å²) in [6, 6.07) is 20.6. The van der Waals surface area contributed by atoms with Gasteiger partial charge in [0.25, 0.3) is 0 Å². The van der Waals surface area contributed by atoms with E-state index in [-0.39, 0.29) is 23.8 Å². The predicted molar refractivity (Wildman–Crippen MR) is 135 cm³/mol. The molecule has 5 nitrogen and oxygen atoms in total. The molecular formula is C28H37N3O2. The summed E-state index contributed by atoms with van der Waals surface area (Å²) in [6.45, 7) is 8.15. The summed E-state index contributed by atoms with van der Waals surface area (Å²) < 4.78 is 0. The standard InChI is InChI=1S/C28H37N3O2/c1-3-30(4-2)26(21-24-13-9-6-10-14-24)22-29-28(33)25-17-19-31(20-18-25)27(32)16-15-23-11-7-5-8-12-23/h5-16,25-26H,3-4,17-22H2,1-2H3,(H,29,33). The number of likely N-dealkylation sites (N-methyl/N-ethyl adjacent to an activating group) is 1. The van der Waals surface area contributed by atoms with Gasteiger partial charge in [0.1, 0.15) is 0 Å². The summed E-state index contributed by atoms with van der Waals surface area (Å²) >= 11 is 0. The lowest BCUT2D eigenvalue weighted by atomic mass is 9.95. The van der Waals surface area contributed by atoms with Crippen molar-refractivity contribution in [2.45, 2.75) is 39.2 Å². The zero-order valence-electron chi connectivity index (χ0n) is 20.0. The Bertz CT molecular complexity index is 886. The van der Waals surface area contributed by atoms with E-state index in [2.05, 4.69) is 48.3 Å². The van der Waals surface area contributed by atoms with Crippen LogP contribution in [0, 0.1) is 5.92 Å². The first-order valence-electron chi connectivity index (χ1n) is 12.2. The summed E-state index contributed by atoms with van der Waals surface area (Å²) in [4.78, 5) is 29.7. The predicted octanol–water partition coefficient (Wildman–Crippen LogP) is 4.01. The molecule has 1 fully saturated rings. The summed E-state index contributed by atoms with van der Waals surface area (Å²) in [5.74, 6) is 0.107. The van der Waals surface area contributed by atoms with E-state index in [9.17, 15) is 9.59 Å². The number of hydrogen-bond donors (Lipinski definition) is 1. The minimum atomic E-state index is -0.0266. The minimum Gasteiger partial charge on any atom is -0.354 e. The summed E-state index contributed by atoms with van der Waals surface area (Å²) in [5, 5.41) is 3.21. The van der Waals surface area contributed by atoms with Crippen molar-refractivity contribution in [1.82, 2.24) is 15.1 Å². The normalized spacial score (nSPS) is 15.7. The second kappa shape index (κ2) is 12.9. The molecule has 0 radical (unpaired) electrons. The molecule has 0 aromatic heterocycles. The van der Waals surface area contributed by atoms with Gasteiger partial charge < -0.3 is 10.2 Å². The fourth-order valence-electron chi connectivity index (χ4n) is 4.52. The number of likely N-dealkylation sites (tertiary alicyclic amines) is 1. The van der Waals surface area contributed by atoms with Crippen LogP contribution in [0.2, 0.25) is 0 Å². The van der Waals surface area contributed by atoms with E-state index in [1.807, 2.05) is 47.4 Å². The van der Waals surface area contributed by atoms with Gasteiger partial charge in [-0.25, -0.2) is 0 Å². The Balaban J connectivity index is 1.48. The molecule has 2 aromatic carbocycles. The van der Waals surface area contributed by atoms with Crippen molar-refractivity contribution in [1.29, 1.82) is 0 Å². The Morgan fingerprint density at radius 2 is 1.61 bits per heavy atom. The van der Waals surface area contributed by atoms with E-state index in [1.165, 1.54) is 5.56 Å². The molecule has 1 atom stereocenters. The Morgan fingerprint density at radius 1 is 1.00 bits per heavy atom. The molecule has 0 saturated carbocycles. The van der Waals surface area contributed by atoms with Crippen LogP contribution in [0.5, 0.6) is 0 Å². The molecule has 0 aliphatic carbocycles. The van der Waals surface area contributed by atoms with Gasteiger partial charge in [0, 0.05) is 37.7 Å². The van der Waals surface area contributed by atoms with E-state index in [1.54, 1.807) is 6.08 Å². The molecule has 0 bridgehead atoms. The van der Waals surface area contributed by atoms with Gasteiger partial charge in [-0.1, -0.05) is 74.5 Å². The highest BCUT2D eigenvalue weighted by Gasteiger charge is 2.27. The van der Waals surface area contributed by atoms with E-state index in [0.29, 0.717) is 32.5 Å². The first kappa shape index (κ1) is 24.7. The van der Waals surface area contributed by atoms with Crippen molar-refractivity contribution in [3.05, 3.63) is 77.9 Å². The number of rotatable bonds is 10. The molecule has 1 aliphatic heterocycles. The number of nitrogens with zero attached hydrogens (tertiary/aromatic N) is 2. The van der Waals surface area contributed by atoms with Gasteiger partial charge in [-0.05, 0) is 49.6 Å². The SMILES string of the molecule is CCN(CC)C(CNC(=O)C1CCN(C(=O)C=Cc2ccccc2)CC1)Cc1ccccc1. The van der Waals surface area contributed by atoms with Crippen molar-refractivity contribution in [3.63, 3.8) is 0 Å². The maximum absolute atomic E-state index is 12.9. The zero-order valence-corrected chi connectivity index (χ0v) is 20.0. The molecular weight excluding hydrogens is 410 g/mol. The first-order chi connectivity index (χ1) is 16.1. The van der Waals surface area contributed by atoms with Gasteiger partial charge >= 0.3 is 0 Å². The zero-order chi connectivity index (χ0) is 23.5. The molecule has 1 heterocycles. The van der Waals surface area contributed by atoms with Crippen LogP contribution in [0.1, 0.15) is 37.8 Å². The topological polar surface area (TPSA) is 52.7 Å². The lowest BCUT2D eigenvalue weighted by molar-refractivity contribution is -0.132. The number of carbonyl (C=O) groups excluding carboxylic acids is 2. The molecule has 5 heteroatoms. The van der Waals surface area contributed by atoms with E-state index >= 15 is 0 Å². The second-order valence-electron chi connectivity index (χ2n) is 8.65. The van der Waals surface area contributed by atoms with Crippen LogP contribution in [0.4, 0.5) is 0 Å². The summed E-state index contributed by atoms with van der Waals surface area (Å²) in [5.41, 5.74) is 2.30. The van der Waals surface area contributed by atoms with Crippen molar-refractivity contribution in [2.24, 2.45) is 5.92 Å². The Morgan fingerprint density at radius 3 is 2.21 bits per heavy atom. The van der Waals surface area contributed by atoms with Gasteiger partial charge in [-0.2, -0.15) is 0 Å². The molecule has 1 unspecified atom stereocenters. The third kappa shape index (κ3) is 7.57. The lowest BCUT2D eigenvalue weighted by Crippen LogP contribution is -2.48. The van der Waals surface area contributed by atoms with Gasteiger partial charge in [-0.3, -0.25) is 14.5 Å². The highest BCUT2D eigenvalue weighted by Crippen LogP contribution is 2.18. The van der Waals surface area contributed by atoms with Gasteiger partial charge in [-0.15, -0.1) is 0 Å². The van der Waals surface area contributed by atoms with E-state index < -0.39 is 0 Å². The highest BCUT2D eigenvalue weighted by molar-refractivity contribution is 5.92.